The molecule has 3 nitrogen and oxygen atoms in total. The van der Waals surface area contributed by atoms with Gasteiger partial charge in [0.15, 0.2) is 0 Å². The molecule has 1 aromatic rings. The van der Waals surface area contributed by atoms with Crippen molar-refractivity contribution in [2.75, 3.05) is 13.7 Å². The molecule has 0 radical (unpaired) electrons. The van der Waals surface area contributed by atoms with E-state index in [1.165, 1.54) is 0 Å². The van der Waals surface area contributed by atoms with Gasteiger partial charge in [-0.25, -0.2) is 0 Å². The van der Waals surface area contributed by atoms with Gasteiger partial charge < -0.3 is 15.2 Å². The Bertz CT molecular complexity index is 327. The Morgan fingerprint density at radius 1 is 1.40 bits per heavy atom. The maximum absolute atomic E-state index is 5.93. The van der Waals surface area contributed by atoms with Crippen molar-refractivity contribution >= 4 is 0 Å². The van der Waals surface area contributed by atoms with Crippen LogP contribution < -0.4 is 10.5 Å². The molecule has 1 aromatic carbocycles. The molecule has 82 valence electrons. The number of ether oxygens (including phenoxy) is 2. The average Bonchev–Trinajstić information content (AvgIpc) is 2.29. The van der Waals surface area contributed by atoms with Gasteiger partial charge in [-0.1, -0.05) is 18.2 Å². The lowest BCUT2D eigenvalue weighted by Gasteiger charge is -2.28. The molecule has 0 aliphatic carbocycles. The van der Waals surface area contributed by atoms with Gasteiger partial charge >= 0.3 is 0 Å². The third-order valence-corrected chi connectivity index (χ3v) is 2.81. The van der Waals surface area contributed by atoms with Crippen molar-refractivity contribution in [3.8, 4) is 5.75 Å². The Kier molecular flexibility index (Phi) is 3.23. The summed E-state index contributed by atoms with van der Waals surface area (Å²) in [4.78, 5) is 0. The van der Waals surface area contributed by atoms with Crippen molar-refractivity contribution in [1.29, 1.82) is 0 Å². The molecular formula is C12H17NO2. The Morgan fingerprint density at radius 2 is 2.20 bits per heavy atom. The van der Waals surface area contributed by atoms with Crippen molar-refractivity contribution in [2.24, 2.45) is 5.73 Å². The van der Waals surface area contributed by atoms with E-state index in [4.69, 9.17) is 15.2 Å². The van der Waals surface area contributed by atoms with Crippen LogP contribution in [0.5, 0.6) is 5.75 Å². The van der Waals surface area contributed by atoms with Crippen molar-refractivity contribution in [3.05, 3.63) is 29.8 Å². The Balaban J connectivity index is 2.20. The maximum atomic E-state index is 5.93. The minimum atomic E-state index is 0.0879. The highest BCUT2D eigenvalue weighted by Crippen LogP contribution is 2.33. The summed E-state index contributed by atoms with van der Waals surface area (Å²) in [5, 5.41) is 0. The van der Waals surface area contributed by atoms with Gasteiger partial charge in [0.05, 0.1) is 13.2 Å². The highest BCUT2D eigenvalue weighted by atomic mass is 16.5. The third kappa shape index (κ3) is 2.30. The molecule has 15 heavy (non-hydrogen) atoms. The molecule has 0 spiro atoms. The topological polar surface area (TPSA) is 44.5 Å². The summed E-state index contributed by atoms with van der Waals surface area (Å²) in [6, 6.07) is 8.21. The van der Waals surface area contributed by atoms with E-state index >= 15 is 0 Å². The molecular weight excluding hydrogens is 190 g/mol. The summed E-state index contributed by atoms with van der Waals surface area (Å²) in [5.41, 5.74) is 7.04. The number of hydrogen-bond acceptors (Lipinski definition) is 3. The van der Waals surface area contributed by atoms with Crippen LogP contribution in [0, 0.1) is 0 Å². The minimum Gasteiger partial charge on any atom is -0.496 e. The van der Waals surface area contributed by atoms with E-state index in [-0.39, 0.29) is 12.1 Å². The summed E-state index contributed by atoms with van der Waals surface area (Å²) in [6.07, 6.45) is 1.91. The van der Waals surface area contributed by atoms with Gasteiger partial charge in [-0.2, -0.15) is 0 Å². The summed E-state index contributed by atoms with van der Waals surface area (Å²) >= 11 is 0. The fraction of sp³-hybridized carbons (Fsp3) is 0.500. The van der Waals surface area contributed by atoms with Gasteiger partial charge in [-0.15, -0.1) is 0 Å². The summed E-state index contributed by atoms with van der Waals surface area (Å²) in [5.74, 6) is 0.886. The first-order valence-electron chi connectivity index (χ1n) is 5.31. The summed E-state index contributed by atoms with van der Waals surface area (Å²) in [6.45, 7) is 0.740. The quantitative estimate of drug-likeness (QED) is 0.805. The van der Waals surface area contributed by atoms with Crippen LogP contribution in [0.3, 0.4) is 0 Å². The molecule has 1 aliphatic rings. The van der Waals surface area contributed by atoms with E-state index in [1.54, 1.807) is 7.11 Å². The summed E-state index contributed by atoms with van der Waals surface area (Å²) < 4.78 is 11.0. The molecule has 3 heteroatoms. The van der Waals surface area contributed by atoms with Gasteiger partial charge in [-0.05, 0) is 18.9 Å². The Morgan fingerprint density at radius 3 is 2.93 bits per heavy atom. The standard InChI is InChI=1S/C12H17NO2/c1-14-11-5-3-2-4-10(11)12-8-9(13)6-7-15-12/h2-5,9,12H,6-8,13H2,1H3. The van der Waals surface area contributed by atoms with Crippen LogP contribution in [0.1, 0.15) is 24.5 Å². The smallest absolute Gasteiger partial charge is 0.124 e. The Labute approximate surface area is 90.2 Å². The molecule has 0 saturated carbocycles. The Hall–Kier alpha value is -1.06. The predicted octanol–water partition coefficient (Wildman–Crippen LogP) is 1.87. The molecule has 2 atom stereocenters. The van der Waals surface area contributed by atoms with Crippen LogP contribution in [0.2, 0.25) is 0 Å². The van der Waals surface area contributed by atoms with Crippen LogP contribution in [-0.4, -0.2) is 19.8 Å². The van der Waals surface area contributed by atoms with Gasteiger partial charge in [-0.3, -0.25) is 0 Å². The number of rotatable bonds is 2. The zero-order valence-electron chi connectivity index (χ0n) is 8.98. The second-order valence-corrected chi connectivity index (χ2v) is 3.89. The highest BCUT2D eigenvalue weighted by molar-refractivity contribution is 5.35. The lowest BCUT2D eigenvalue weighted by Crippen LogP contribution is -2.30. The molecule has 0 amide bonds. The van der Waals surface area contributed by atoms with Gasteiger partial charge in [0.25, 0.3) is 0 Å². The summed E-state index contributed by atoms with van der Waals surface area (Å²) in [7, 11) is 1.68. The van der Waals surface area contributed by atoms with Gasteiger partial charge in [0, 0.05) is 18.2 Å². The van der Waals surface area contributed by atoms with E-state index in [2.05, 4.69) is 0 Å². The number of hydrogen-bond donors (Lipinski definition) is 1. The second-order valence-electron chi connectivity index (χ2n) is 3.89. The molecule has 1 saturated heterocycles. The van der Waals surface area contributed by atoms with E-state index in [1.807, 2.05) is 24.3 Å². The van der Waals surface area contributed by atoms with E-state index < -0.39 is 0 Å². The van der Waals surface area contributed by atoms with Gasteiger partial charge in [0.2, 0.25) is 0 Å². The number of para-hydroxylation sites is 1. The van der Waals surface area contributed by atoms with Crippen molar-refractivity contribution in [1.82, 2.24) is 0 Å². The first-order valence-corrected chi connectivity index (χ1v) is 5.31. The van der Waals surface area contributed by atoms with Crippen molar-refractivity contribution in [2.45, 2.75) is 25.0 Å². The van der Waals surface area contributed by atoms with E-state index in [0.717, 1.165) is 30.8 Å². The minimum absolute atomic E-state index is 0.0879. The van der Waals surface area contributed by atoms with Crippen molar-refractivity contribution in [3.63, 3.8) is 0 Å². The van der Waals surface area contributed by atoms with Crippen molar-refractivity contribution < 1.29 is 9.47 Å². The zero-order chi connectivity index (χ0) is 10.7. The highest BCUT2D eigenvalue weighted by Gasteiger charge is 2.23. The SMILES string of the molecule is COc1ccccc1C1CC(N)CCO1. The molecule has 1 aliphatic heterocycles. The second kappa shape index (κ2) is 4.64. The monoisotopic (exact) mass is 207 g/mol. The van der Waals surface area contributed by atoms with E-state index in [9.17, 15) is 0 Å². The van der Waals surface area contributed by atoms with Crippen LogP contribution in [-0.2, 0) is 4.74 Å². The largest absolute Gasteiger partial charge is 0.496 e. The zero-order valence-corrected chi connectivity index (χ0v) is 8.98. The normalized spacial score (nSPS) is 26.3. The van der Waals surface area contributed by atoms with Crippen LogP contribution >= 0.6 is 0 Å². The predicted molar refractivity (Wildman–Crippen MR) is 58.9 cm³/mol. The number of methoxy groups -OCH3 is 1. The van der Waals surface area contributed by atoms with Crippen LogP contribution in [0.15, 0.2) is 24.3 Å². The molecule has 2 rings (SSSR count). The fourth-order valence-corrected chi connectivity index (χ4v) is 1.97. The molecule has 2 N–H and O–H groups in total. The number of benzene rings is 1. The molecule has 0 bridgehead atoms. The third-order valence-electron chi connectivity index (χ3n) is 2.81. The molecule has 1 fully saturated rings. The molecule has 1 heterocycles. The molecule has 2 unspecified atom stereocenters. The lowest BCUT2D eigenvalue weighted by molar-refractivity contribution is 0.00540. The number of nitrogens with two attached hydrogens (primary N) is 1. The van der Waals surface area contributed by atoms with E-state index in [0.29, 0.717) is 0 Å². The first-order chi connectivity index (χ1) is 7.31. The van der Waals surface area contributed by atoms with Crippen LogP contribution in [0.25, 0.3) is 0 Å². The first kappa shape index (κ1) is 10.5. The lowest BCUT2D eigenvalue weighted by atomic mass is 9.97. The maximum Gasteiger partial charge on any atom is 0.124 e. The fourth-order valence-electron chi connectivity index (χ4n) is 1.97. The van der Waals surface area contributed by atoms with Crippen LogP contribution in [0.4, 0.5) is 0 Å². The average molecular weight is 207 g/mol. The molecule has 0 aromatic heterocycles. The van der Waals surface area contributed by atoms with Gasteiger partial charge in [0.1, 0.15) is 5.75 Å².